The van der Waals surface area contributed by atoms with E-state index in [2.05, 4.69) is 20.2 Å². The zero-order chi connectivity index (χ0) is 20.4. The van der Waals surface area contributed by atoms with Crippen molar-refractivity contribution >= 4 is 28.3 Å². The van der Waals surface area contributed by atoms with Crippen molar-refractivity contribution in [3.8, 4) is 5.82 Å². The van der Waals surface area contributed by atoms with Gasteiger partial charge in [0, 0.05) is 30.6 Å². The molecule has 0 amide bonds. The Kier molecular flexibility index (Phi) is 5.33. The van der Waals surface area contributed by atoms with Gasteiger partial charge in [-0.25, -0.2) is 4.98 Å². The molecular formula is C21H18ClN5O2. The molecule has 0 bridgehead atoms. The highest BCUT2D eigenvalue weighted by Gasteiger charge is 2.17. The molecule has 29 heavy (non-hydrogen) atoms. The van der Waals surface area contributed by atoms with Crippen LogP contribution in [-0.2, 0) is 17.6 Å². The van der Waals surface area contributed by atoms with Gasteiger partial charge in [0.25, 0.3) is 0 Å². The van der Waals surface area contributed by atoms with E-state index in [1.54, 1.807) is 25.4 Å². The third kappa shape index (κ3) is 4.01. The molecule has 3 heterocycles. The van der Waals surface area contributed by atoms with E-state index >= 15 is 0 Å². The van der Waals surface area contributed by atoms with E-state index in [0.29, 0.717) is 16.4 Å². The summed E-state index contributed by atoms with van der Waals surface area (Å²) in [6.45, 7) is 1.70. The van der Waals surface area contributed by atoms with E-state index in [-0.39, 0.29) is 18.6 Å². The monoisotopic (exact) mass is 407 g/mol. The summed E-state index contributed by atoms with van der Waals surface area (Å²) in [5.41, 5.74) is 2.95. The average Bonchev–Trinajstić information content (AvgIpc) is 3.22. The number of aromatic nitrogens is 5. The van der Waals surface area contributed by atoms with Crippen molar-refractivity contribution in [1.29, 1.82) is 0 Å². The number of pyridine rings is 2. The largest absolute Gasteiger partial charge is 0.389 e. The quantitative estimate of drug-likeness (QED) is 0.527. The maximum Gasteiger partial charge on any atom is 0.193 e. The fourth-order valence-corrected chi connectivity index (χ4v) is 3.64. The van der Waals surface area contributed by atoms with Gasteiger partial charge in [0.1, 0.15) is 5.78 Å². The van der Waals surface area contributed by atoms with Crippen LogP contribution in [0, 0.1) is 0 Å². The molecule has 3 aromatic heterocycles. The van der Waals surface area contributed by atoms with Crippen LogP contribution in [0.1, 0.15) is 29.7 Å². The predicted molar refractivity (Wildman–Crippen MR) is 109 cm³/mol. The number of nitrogens with zero attached hydrogens (tertiary/aromatic N) is 5. The number of fused-ring (bicyclic) bond motifs is 1. The van der Waals surface area contributed by atoms with Crippen LogP contribution in [0.5, 0.6) is 0 Å². The molecule has 1 atom stereocenters. The minimum atomic E-state index is -0.706. The number of benzene rings is 1. The van der Waals surface area contributed by atoms with E-state index in [4.69, 9.17) is 11.6 Å². The van der Waals surface area contributed by atoms with Crippen LogP contribution in [0.15, 0.2) is 55.1 Å². The smallest absolute Gasteiger partial charge is 0.193 e. The van der Waals surface area contributed by atoms with Crippen LogP contribution in [0.3, 0.4) is 0 Å². The summed E-state index contributed by atoms with van der Waals surface area (Å²) in [6.07, 6.45) is 5.96. The SMILES string of the molecule is CC(O)c1c(CC(=O)Cc2cnc(-n3nccn3)c(Cl)c2)cnc2ccccc12. The van der Waals surface area contributed by atoms with Crippen molar-refractivity contribution in [2.24, 2.45) is 0 Å². The summed E-state index contributed by atoms with van der Waals surface area (Å²) >= 11 is 6.28. The molecule has 146 valence electrons. The topological polar surface area (TPSA) is 93.8 Å². The number of hydrogen-bond acceptors (Lipinski definition) is 6. The molecule has 1 unspecified atom stereocenters. The zero-order valence-corrected chi connectivity index (χ0v) is 16.4. The van der Waals surface area contributed by atoms with Crippen LogP contribution in [0.4, 0.5) is 0 Å². The first-order valence-electron chi connectivity index (χ1n) is 9.10. The lowest BCUT2D eigenvalue weighted by atomic mass is 9.95. The molecule has 1 N–H and O–H groups in total. The van der Waals surface area contributed by atoms with Gasteiger partial charge in [-0.05, 0) is 35.7 Å². The zero-order valence-electron chi connectivity index (χ0n) is 15.7. The van der Waals surface area contributed by atoms with E-state index in [1.807, 2.05) is 24.3 Å². The van der Waals surface area contributed by atoms with Gasteiger partial charge in [-0.3, -0.25) is 9.78 Å². The highest BCUT2D eigenvalue weighted by Crippen LogP contribution is 2.27. The molecule has 0 saturated heterocycles. The van der Waals surface area contributed by atoms with Gasteiger partial charge in [-0.15, -0.1) is 4.80 Å². The molecule has 0 radical (unpaired) electrons. The average molecular weight is 408 g/mol. The van der Waals surface area contributed by atoms with Crippen LogP contribution in [0.2, 0.25) is 5.02 Å². The lowest BCUT2D eigenvalue weighted by molar-refractivity contribution is -0.117. The first-order valence-corrected chi connectivity index (χ1v) is 9.48. The Morgan fingerprint density at radius 2 is 1.90 bits per heavy atom. The third-order valence-electron chi connectivity index (χ3n) is 4.59. The van der Waals surface area contributed by atoms with Gasteiger partial charge in [0.05, 0.1) is 29.0 Å². The normalized spacial score (nSPS) is 12.2. The minimum absolute atomic E-state index is 0.0215. The van der Waals surface area contributed by atoms with Gasteiger partial charge >= 0.3 is 0 Å². The fourth-order valence-electron chi connectivity index (χ4n) is 3.38. The summed E-state index contributed by atoms with van der Waals surface area (Å²) in [5.74, 6) is 0.384. The Morgan fingerprint density at radius 1 is 1.14 bits per heavy atom. The van der Waals surface area contributed by atoms with Crippen molar-refractivity contribution in [2.75, 3.05) is 0 Å². The molecule has 0 spiro atoms. The standard InChI is InChI=1S/C21H18ClN5O2/c1-13(28)20-15(12-23-19-5-3-2-4-17(19)20)10-16(29)8-14-9-18(22)21(24-11-14)27-25-6-7-26-27/h2-7,9,11-13,28H,8,10H2,1H3. The molecule has 8 heteroatoms. The molecule has 0 aliphatic carbocycles. The van der Waals surface area contributed by atoms with Gasteiger partial charge in [0.2, 0.25) is 0 Å². The van der Waals surface area contributed by atoms with Crippen LogP contribution < -0.4 is 0 Å². The maximum atomic E-state index is 12.7. The van der Waals surface area contributed by atoms with Gasteiger partial charge in [-0.2, -0.15) is 10.2 Å². The second-order valence-corrected chi connectivity index (χ2v) is 7.16. The van der Waals surface area contributed by atoms with Crippen LogP contribution >= 0.6 is 11.6 Å². The molecule has 4 aromatic rings. The number of ketones is 1. The highest BCUT2D eigenvalue weighted by atomic mass is 35.5. The third-order valence-corrected chi connectivity index (χ3v) is 4.87. The fraction of sp³-hybridized carbons (Fsp3) is 0.190. The van der Waals surface area contributed by atoms with Crippen LogP contribution in [-0.4, -0.2) is 35.9 Å². The van der Waals surface area contributed by atoms with E-state index in [0.717, 1.165) is 22.0 Å². The second kappa shape index (κ2) is 8.06. The number of carbonyl (C=O) groups is 1. The number of para-hydroxylation sites is 1. The number of Topliss-reactive ketones (excluding diaryl/α,β-unsaturated/α-hetero) is 1. The summed E-state index contributed by atoms with van der Waals surface area (Å²) in [4.78, 5) is 22.7. The number of aliphatic hydroxyl groups excluding tert-OH is 1. The number of carbonyl (C=O) groups excluding carboxylic acids is 1. The van der Waals surface area contributed by atoms with Gasteiger partial charge in [-0.1, -0.05) is 29.8 Å². The van der Waals surface area contributed by atoms with E-state index in [9.17, 15) is 9.90 Å². The molecule has 0 saturated carbocycles. The maximum absolute atomic E-state index is 12.7. The molecule has 4 rings (SSSR count). The molecule has 0 fully saturated rings. The van der Waals surface area contributed by atoms with Crippen molar-refractivity contribution in [1.82, 2.24) is 25.0 Å². The first kappa shape index (κ1) is 19.2. The number of halogens is 1. The molecule has 1 aromatic carbocycles. The van der Waals surface area contributed by atoms with Crippen molar-refractivity contribution in [3.05, 3.63) is 76.8 Å². The van der Waals surface area contributed by atoms with Gasteiger partial charge in [0.15, 0.2) is 5.82 Å². The van der Waals surface area contributed by atoms with Crippen molar-refractivity contribution < 1.29 is 9.90 Å². The Bertz CT molecular complexity index is 1180. The Balaban J connectivity index is 1.56. The predicted octanol–water partition coefficient (Wildman–Crippen LogP) is 3.27. The number of aliphatic hydroxyl groups is 1. The molecule has 0 aliphatic heterocycles. The van der Waals surface area contributed by atoms with Crippen molar-refractivity contribution in [2.45, 2.75) is 25.9 Å². The number of rotatable bonds is 6. The summed E-state index contributed by atoms with van der Waals surface area (Å²) in [5, 5.41) is 19.5. The molecule has 0 aliphatic rings. The lowest BCUT2D eigenvalue weighted by Crippen LogP contribution is -2.11. The Hall–Kier alpha value is -3.16. The molecule has 7 nitrogen and oxygen atoms in total. The summed E-state index contributed by atoms with van der Waals surface area (Å²) < 4.78 is 0. The lowest BCUT2D eigenvalue weighted by Gasteiger charge is -2.14. The Morgan fingerprint density at radius 3 is 2.62 bits per heavy atom. The molecular weight excluding hydrogens is 390 g/mol. The van der Waals surface area contributed by atoms with Crippen molar-refractivity contribution in [3.63, 3.8) is 0 Å². The summed E-state index contributed by atoms with van der Waals surface area (Å²) in [7, 11) is 0. The second-order valence-electron chi connectivity index (χ2n) is 6.75. The highest BCUT2D eigenvalue weighted by molar-refractivity contribution is 6.32. The van der Waals surface area contributed by atoms with E-state index < -0.39 is 6.10 Å². The van der Waals surface area contributed by atoms with Crippen LogP contribution in [0.25, 0.3) is 16.7 Å². The first-order chi connectivity index (χ1) is 14.0. The van der Waals surface area contributed by atoms with E-state index in [1.165, 1.54) is 17.2 Å². The van der Waals surface area contributed by atoms with Gasteiger partial charge < -0.3 is 5.11 Å². The number of hydrogen-bond donors (Lipinski definition) is 1. The summed E-state index contributed by atoms with van der Waals surface area (Å²) in [6, 6.07) is 9.27. The minimum Gasteiger partial charge on any atom is -0.389 e. The Labute approximate surface area is 172 Å².